The van der Waals surface area contributed by atoms with E-state index in [-0.39, 0.29) is 6.61 Å². The zero-order valence-electron chi connectivity index (χ0n) is 10.1. The zero-order chi connectivity index (χ0) is 13.2. The van der Waals surface area contributed by atoms with E-state index < -0.39 is 19.8 Å². The minimum absolute atomic E-state index is 0.261. The normalized spacial score (nSPS) is 17.2. The van der Waals surface area contributed by atoms with Gasteiger partial charge in [-0.2, -0.15) is 5.09 Å². The first kappa shape index (κ1) is 12.9. The van der Waals surface area contributed by atoms with E-state index >= 15 is 0 Å². The SMILES string of the molecule is CCOC(=O)[C@H](C)NP1(=O)Oc2ccccc2O1. The Bertz CT molecular complexity index is 475. The van der Waals surface area contributed by atoms with Gasteiger partial charge in [-0.1, -0.05) is 12.1 Å². The summed E-state index contributed by atoms with van der Waals surface area (Å²) in [6.45, 7) is 3.50. The first-order valence-corrected chi connectivity index (χ1v) is 7.11. The molecule has 0 aliphatic carbocycles. The topological polar surface area (TPSA) is 73.9 Å². The molecule has 1 aliphatic rings. The fourth-order valence-corrected chi connectivity index (χ4v) is 3.03. The molecule has 0 amide bonds. The van der Waals surface area contributed by atoms with Gasteiger partial charge in [-0.05, 0) is 26.0 Å². The Balaban J connectivity index is 2.04. The summed E-state index contributed by atoms with van der Waals surface area (Å²) in [5.74, 6) is 0.282. The molecule has 0 bridgehead atoms. The number of carbonyl (C=O) groups excluding carboxylic acids is 1. The van der Waals surface area contributed by atoms with Gasteiger partial charge in [-0.15, -0.1) is 0 Å². The van der Waals surface area contributed by atoms with Crippen molar-refractivity contribution >= 4 is 13.7 Å². The molecule has 0 unspecified atom stereocenters. The van der Waals surface area contributed by atoms with Gasteiger partial charge in [0.2, 0.25) is 0 Å². The van der Waals surface area contributed by atoms with Crippen LogP contribution in [-0.4, -0.2) is 18.6 Å². The number of fused-ring (bicyclic) bond motifs is 1. The van der Waals surface area contributed by atoms with Gasteiger partial charge in [0.25, 0.3) is 0 Å². The van der Waals surface area contributed by atoms with Crippen LogP contribution in [0, 0.1) is 0 Å². The molecule has 0 spiro atoms. The van der Waals surface area contributed by atoms with Crippen LogP contribution in [0.25, 0.3) is 0 Å². The molecule has 1 atom stereocenters. The number of ether oxygens (including phenoxy) is 1. The number of esters is 1. The molecular weight excluding hydrogens is 257 g/mol. The largest absolute Gasteiger partial charge is 0.513 e. The molecule has 2 rings (SSSR count). The molecule has 0 aromatic heterocycles. The monoisotopic (exact) mass is 271 g/mol. The van der Waals surface area contributed by atoms with Crippen molar-refractivity contribution in [1.29, 1.82) is 0 Å². The maximum Gasteiger partial charge on any atom is 0.513 e. The molecule has 1 aromatic carbocycles. The maximum atomic E-state index is 12.2. The average molecular weight is 271 g/mol. The van der Waals surface area contributed by atoms with Crippen molar-refractivity contribution in [3.05, 3.63) is 24.3 Å². The van der Waals surface area contributed by atoms with Gasteiger partial charge in [-0.25, -0.2) is 4.57 Å². The van der Waals surface area contributed by atoms with Crippen molar-refractivity contribution in [1.82, 2.24) is 5.09 Å². The van der Waals surface area contributed by atoms with Gasteiger partial charge >= 0.3 is 13.7 Å². The fraction of sp³-hybridized carbons (Fsp3) is 0.364. The van der Waals surface area contributed by atoms with Gasteiger partial charge < -0.3 is 13.8 Å². The molecule has 0 saturated heterocycles. The lowest BCUT2D eigenvalue weighted by Gasteiger charge is -2.16. The van der Waals surface area contributed by atoms with E-state index in [1.165, 1.54) is 6.92 Å². The predicted octanol–water partition coefficient (Wildman–Crippen LogP) is 2.11. The molecule has 6 nitrogen and oxygen atoms in total. The van der Waals surface area contributed by atoms with E-state index in [4.69, 9.17) is 13.8 Å². The maximum absolute atomic E-state index is 12.2. The highest BCUT2D eigenvalue weighted by Crippen LogP contribution is 2.55. The van der Waals surface area contributed by atoms with Crippen LogP contribution >= 0.6 is 7.75 Å². The molecule has 1 aliphatic heterocycles. The highest BCUT2D eigenvalue weighted by Gasteiger charge is 2.39. The summed E-state index contributed by atoms with van der Waals surface area (Å²) in [6.07, 6.45) is 0. The Labute approximate surface area is 105 Å². The summed E-state index contributed by atoms with van der Waals surface area (Å²) < 4.78 is 27.4. The highest BCUT2D eigenvalue weighted by atomic mass is 31.2. The average Bonchev–Trinajstić information content (AvgIpc) is 2.64. The van der Waals surface area contributed by atoms with E-state index in [2.05, 4.69) is 5.09 Å². The summed E-state index contributed by atoms with van der Waals surface area (Å²) in [5.41, 5.74) is 0. The molecule has 0 saturated carbocycles. The number of hydrogen-bond acceptors (Lipinski definition) is 5. The van der Waals surface area contributed by atoms with Crippen LogP contribution in [0.2, 0.25) is 0 Å². The van der Waals surface area contributed by atoms with E-state index in [1.54, 1.807) is 31.2 Å². The van der Waals surface area contributed by atoms with Gasteiger partial charge in [0.15, 0.2) is 11.5 Å². The summed E-state index contributed by atoms with van der Waals surface area (Å²) in [4.78, 5) is 11.4. The first-order valence-electron chi connectivity index (χ1n) is 5.57. The van der Waals surface area contributed by atoms with E-state index in [0.29, 0.717) is 11.5 Å². The Kier molecular flexibility index (Phi) is 3.59. The number of nitrogens with one attached hydrogen (secondary N) is 1. The molecule has 7 heteroatoms. The third-order valence-electron chi connectivity index (χ3n) is 2.28. The molecule has 1 heterocycles. The van der Waals surface area contributed by atoms with Gasteiger partial charge in [-0.3, -0.25) is 4.79 Å². The molecule has 18 heavy (non-hydrogen) atoms. The molecule has 0 radical (unpaired) electrons. The van der Waals surface area contributed by atoms with Crippen LogP contribution in [0.3, 0.4) is 0 Å². The number of para-hydroxylation sites is 2. The Morgan fingerprint density at radius 3 is 2.44 bits per heavy atom. The van der Waals surface area contributed by atoms with Gasteiger partial charge in [0.05, 0.1) is 6.61 Å². The smallest absolute Gasteiger partial charge is 0.465 e. The fourth-order valence-electron chi connectivity index (χ4n) is 1.49. The summed E-state index contributed by atoms with van der Waals surface area (Å²) in [7, 11) is -3.54. The van der Waals surface area contributed by atoms with Crippen LogP contribution in [0.5, 0.6) is 11.5 Å². The lowest BCUT2D eigenvalue weighted by atomic mass is 10.3. The van der Waals surface area contributed by atoms with Crippen molar-refractivity contribution in [2.45, 2.75) is 19.9 Å². The van der Waals surface area contributed by atoms with Crippen LogP contribution < -0.4 is 14.1 Å². The standard InChI is InChI=1S/C11H14NO5P/c1-3-15-11(13)8(2)12-18(14)16-9-6-4-5-7-10(9)17-18/h4-8H,3H2,1-2H3,(H,12,14)/t8-/m0/s1. The van der Waals surface area contributed by atoms with Crippen LogP contribution in [0.4, 0.5) is 0 Å². The molecule has 1 N–H and O–H groups in total. The number of benzene rings is 1. The lowest BCUT2D eigenvalue weighted by Crippen LogP contribution is -2.34. The van der Waals surface area contributed by atoms with Crippen molar-refractivity contribution < 1.29 is 23.1 Å². The number of rotatable bonds is 4. The number of hydrogen-bond donors (Lipinski definition) is 1. The van der Waals surface area contributed by atoms with Gasteiger partial charge in [0, 0.05) is 0 Å². The third kappa shape index (κ3) is 2.66. The molecular formula is C11H14NO5P. The van der Waals surface area contributed by atoms with E-state index in [0.717, 1.165) is 0 Å². The summed E-state index contributed by atoms with van der Waals surface area (Å²) in [5, 5.41) is 2.52. The van der Waals surface area contributed by atoms with Crippen molar-refractivity contribution in [2.75, 3.05) is 6.61 Å². The van der Waals surface area contributed by atoms with Crippen LogP contribution in [0.1, 0.15) is 13.8 Å². The van der Waals surface area contributed by atoms with Crippen LogP contribution in [-0.2, 0) is 14.1 Å². The van der Waals surface area contributed by atoms with Crippen molar-refractivity contribution in [3.8, 4) is 11.5 Å². The second-order valence-electron chi connectivity index (χ2n) is 3.73. The summed E-state index contributed by atoms with van der Waals surface area (Å²) >= 11 is 0. The minimum atomic E-state index is -3.54. The molecule has 98 valence electrons. The number of carbonyl (C=O) groups is 1. The molecule has 0 fully saturated rings. The van der Waals surface area contributed by atoms with Gasteiger partial charge in [0.1, 0.15) is 6.04 Å². The van der Waals surface area contributed by atoms with Crippen LogP contribution in [0.15, 0.2) is 24.3 Å². The first-order chi connectivity index (χ1) is 8.54. The van der Waals surface area contributed by atoms with E-state index in [9.17, 15) is 9.36 Å². The van der Waals surface area contributed by atoms with E-state index in [1.807, 2.05) is 0 Å². The minimum Gasteiger partial charge on any atom is -0.465 e. The Morgan fingerprint density at radius 1 is 1.39 bits per heavy atom. The highest BCUT2D eigenvalue weighted by molar-refractivity contribution is 7.52. The second-order valence-corrected chi connectivity index (χ2v) is 5.35. The molecule has 1 aromatic rings. The van der Waals surface area contributed by atoms with Crippen molar-refractivity contribution in [3.63, 3.8) is 0 Å². The summed E-state index contributed by atoms with van der Waals surface area (Å²) in [6, 6.07) is 6.00. The zero-order valence-corrected chi connectivity index (χ0v) is 11.0. The Hall–Kier alpha value is -1.52. The van der Waals surface area contributed by atoms with Crippen molar-refractivity contribution in [2.24, 2.45) is 0 Å². The Morgan fingerprint density at radius 2 is 1.94 bits per heavy atom. The lowest BCUT2D eigenvalue weighted by molar-refractivity contribution is -0.144. The third-order valence-corrected chi connectivity index (χ3v) is 3.86. The predicted molar refractivity (Wildman–Crippen MR) is 64.5 cm³/mol. The second kappa shape index (κ2) is 5.00. The quantitative estimate of drug-likeness (QED) is 0.667.